The van der Waals surface area contributed by atoms with E-state index in [-0.39, 0.29) is 18.8 Å². The number of rotatable bonds is 7. The van der Waals surface area contributed by atoms with Gasteiger partial charge in [0.2, 0.25) is 0 Å². The Hall–Kier alpha value is -2.02. The molecule has 0 radical (unpaired) electrons. The number of halogens is 3. The van der Waals surface area contributed by atoms with Gasteiger partial charge < -0.3 is 9.84 Å². The molecule has 1 aromatic rings. The third-order valence-corrected chi connectivity index (χ3v) is 2.28. The Kier molecular flexibility index (Phi) is 5.57. The van der Waals surface area contributed by atoms with Gasteiger partial charge in [0.1, 0.15) is 5.75 Å². The number of alkyl halides is 3. The van der Waals surface area contributed by atoms with E-state index in [0.717, 1.165) is 0 Å². The maximum absolute atomic E-state index is 12.1. The lowest BCUT2D eigenvalue weighted by molar-refractivity contribution is -0.274. The second kappa shape index (κ2) is 6.95. The first kappa shape index (κ1) is 16.0. The largest absolute Gasteiger partial charge is 0.573 e. The minimum atomic E-state index is -4.75. The van der Waals surface area contributed by atoms with Crippen LogP contribution in [0, 0.1) is 0 Å². The summed E-state index contributed by atoms with van der Waals surface area (Å²) in [6, 6.07) is 5.43. The van der Waals surface area contributed by atoms with Crippen LogP contribution in [-0.4, -0.2) is 35.4 Å². The Morgan fingerprint density at radius 2 is 2.15 bits per heavy atom. The van der Waals surface area contributed by atoms with E-state index in [1.165, 1.54) is 29.2 Å². The van der Waals surface area contributed by atoms with Crippen molar-refractivity contribution in [3.8, 4) is 5.75 Å². The van der Waals surface area contributed by atoms with Crippen LogP contribution in [-0.2, 0) is 11.3 Å². The fourth-order valence-corrected chi connectivity index (χ4v) is 1.66. The third kappa shape index (κ3) is 6.24. The number of nitrogens with zero attached hydrogens (tertiary/aromatic N) is 1. The Balaban J connectivity index is 2.77. The van der Waals surface area contributed by atoms with Crippen LogP contribution in [0.3, 0.4) is 0 Å². The fraction of sp³-hybridized carbons (Fsp3) is 0.308. The minimum absolute atomic E-state index is 0.188. The fourth-order valence-electron chi connectivity index (χ4n) is 1.66. The molecular weight excluding hydrogens is 275 g/mol. The molecule has 0 unspecified atom stereocenters. The molecule has 0 saturated carbocycles. The first-order valence-corrected chi connectivity index (χ1v) is 5.70. The standard InChI is InChI=1S/C13H14F3NO3/c1-2-6-17(9-12(18)19)8-10-4-3-5-11(7-10)20-13(14,15)16/h2-5,7H,1,6,8-9H2,(H,18,19). The lowest BCUT2D eigenvalue weighted by Crippen LogP contribution is -2.29. The van der Waals surface area contributed by atoms with Crippen LogP contribution in [0.2, 0.25) is 0 Å². The molecule has 0 amide bonds. The molecule has 4 nitrogen and oxygen atoms in total. The van der Waals surface area contributed by atoms with Crippen LogP contribution in [0.1, 0.15) is 5.56 Å². The van der Waals surface area contributed by atoms with Gasteiger partial charge in [-0.3, -0.25) is 9.69 Å². The molecule has 0 aliphatic carbocycles. The molecule has 7 heteroatoms. The first-order valence-electron chi connectivity index (χ1n) is 5.70. The molecule has 110 valence electrons. The zero-order valence-electron chi connectivity index (χ0n) is 10.6. The van der Waals surface area contributed by atoms with E-state index in [4.69, 9.17) is 5.11 Å². The summed E-state index contributed by atoms with van der Waals surface area (Å²) < 4.78 is 40.1. The van der Waals surface area contributed by atoms with Crippen LogP contribution in [0.4, 0.5) is 13.2 Å². The summed E-state index contributed by atoms with van der Waals surface area (Å²) in [6.45, 7) is 3.79. The summed E-state index contributed by atoms with van der Waals surface area (Å²) in [7, 11) is 0. The number of hydrogen-bond donors (Lipinski definition) is 1. The van der Waals surface area contributed by atoms with Crippen molar-refractivity contribution in [1.82, 2.24) is 4.90 Å². The molecular formula is C13H14F3NO3. The van der Waals surface area contributed by atoms with Crippen molar-refractivity contribution in [2.45, 2.75) is 12.9 Å². The number of carboxylic acids is 1. The van der Waals surface area contributed by atoms with Gasteiger partial charge in [0.05, 0.1) is 6.54 Å². The van der Waals surface area contributed by atoms with Crippen LogP contribution in [0.5, 0.6) is 5.75 Å². The van der Waals surface area contributed by atoms with Crippen molar-refractivity contribution in [3.63, 3.8) is 0 Å². The summed E-state index contributed by atoms with van der Waals surface area (Å²) in [4.78, 5) is 12.2. The monoisotopic (exact) mass is 289 g/mol. The van der Waals surface area contributed by atoms with E-state index in [1.54, 1.807) is 6.07 Å². The number of benzene rings is 1. The predicted molar refractivity (Wildman–Crippen MR) is 66.2 cm³/mol. The van der Waals surface area contributed by atoms with Gasteiger partial charge in [0.25, 0.3) is 0 Å². The zero-order valence-corrected chi connectivity index (χ0v) is 10.6. The van der Waals surface area contributed by atoms with E-state index < -0.39 is 12.3 Å². The zero-order chi connectivity index (χ0) is 15.2. The van der Waals surface area contributed by atoms with Crippen molar-refractivity contribution in [3.05, 3.63) is 42.5 Å². The van der Waals surface area contributed by atoms with E-state index in [2.05, 4.69) is 11.3 Å². The molecule has 0 spiro atoms. The smallest absolute Gasteiger partial charge is 0.480 e. The van der Waals surface area contributed by atoms with Crippen LogP contribution >= 0.6 is 0 Å². The summed E-state index contributed by atoms with van der Waals surface area (Å²) in [5.41, 5.74) is 0.523. The molecule has 0 aliphatic heterocycles. The summed E-state index contributed by atoms with van der Waals surface area (Å²) in [6.07, 6.45) is -3.22. The second-order valence-corrected chi connectivity index (χ2v) is 4.05. The van der Waals surface area contributed by atoms with Crippen LogP contribution in [0.15, 0.2) is 36.9 Å². The molecule has 1 rings (SSSR count). The molecule has 0 heterocycles. The lowest BCUT2D eigenvalue weighted by atomic mass is 10.2. The topological polar surface area (TPSA) is 49.8 Å². The number of carbonyl (C=O) groups is 1. The van der Waals surface area contributed by atoms with Crippen molar-refractivity contribution in [2.24, 2.45) is 0 Å². The Labute approximate surface area is 114 Å². The van der Waals surface area contributed by atoms with Gasteiger partial charge in [0.15, 0.2) is 0 Å². The highest BCUT2D eigenvalue weighted by atomic mass is 19.4. The normalized spacial score (nSPS) is 11.4. The summed E-state index contributed by atoms with van der Waals surface area (Å²) >= 11 is 0. The van der Waals surface area contributed by atoms with Crippen LogP contribution in [0.25, 0.3) is 0 Å². The molecule has 20 heavy (non-hydrogen) atoms. The molecule has 0 aromatic heterocycles. The molecule has 1 aromatic carbocycles. The Bertz CT molecular complexity index is 474. The molecule has 1 N–H and O–H groups in total. The van der Waals surface area contributed by atoms with E-state index in [0.29, 0.717) is 12.1 Å². The van der Waals surface area contributed by atoms with E-state index in [9.17, 15) is 18.0 Å². The summed E-state index contributed by atoms with van der Waals surface area (Å²) in [5, 5.41) is 8.75. The van der Waals surface area contributed by atoms with Gasteiger partial charge in [-0.05, 0) is 17.7 Å². The van der Waals surface area contributed by atoms with Gasteiger partial charge in [-0.25, -0.2) is 0 Å². The molecule has 0 atom stereocenters. The quantitative estimate of drug-likeness (QED) is 0.784. The second-order valence-electron chi connectivity index (χ2n) is 4.05. The highest BCUT2D eigenvalue weighted by Crippen LogP contribution is 2.23. The number of carboxylic acid groups (broad SMARTS) is 1. The first-order chi connectivity index (χ1) is 9.30. The van der Waals surface area contributed by atoms with Crippen molar-refractivity contribution >= 4 is 5.97 Å². The van der Waals surface area contributed by atoms with Gasteiger partial charge in [-0.2, -0.15) is 0 Å². The average Bonchev–Trinajstić information content (AvgIpc) is 2.26. The average molecular weight is 289 g/mol. The minimum Gasteiger partial charge on any atom is -0.480 e. The van der Waals surface area contributed by atoms with Crippen molar-refractivity contribution in [2.75, 3.05) is 13.1 Å². The van der Waals surface area contributed by atoms with Crippen molar-refractivity contribution < 1.29 is 27.8 Å². The molecule has 0 fully saturated rings. The lowest BCUT2D eigenvalue weighted by Gasteiger charge is -2.18. The Morgan fingerprint density at radius 1 is 1.45 bits per heavy atom. The van der Waals surface area contributed by atoms with Gasteiger partial charge in [-0.1, -0.05) is 18.2 Å². The van der Waals surface area contributed by atoms with Gasteiger partial charge in [-0.15, -0.1) is 19.8 Å². The van der Waals surface area contributed by atoms with Gasteiger partial charge in [0, 0.05) is 13.1 Å². The third-order valence-electron chi connectivity index (χ3n) is 2.28. The maximum Gasteiger partial charge on any atom is 0.573 e. The SMILES string of the molecule is C=CCN(CC(=O)O)Cc1cccc(OC(F)(F)F)c1. The molecule has 0 saturated heterocycles. The number of hydrogen-bond acceptors (Lipinski definition) is 3. The van der Waals surface area contributed by atoms with E-state index >= 15 is 0 Å². The highest BCUT2D eigenvalue weighted by molar-refractivity contribution is 5.69. The van der Waals surface area contributed by atoms with E-state index in [1.807, 2.05) is 0 Å². The van der Waals surface area contributed by atoms with Gasteiger partial charge >= 0.3 is 12.3 Å². The Morgan fingerprint density at radius 3 is 2.70 bits per heavy atom. The number of ether oxygens (including phenoxy) is 1. The maximum atomic E-state index is 12.1. The number of aliphatic carboxylic acids is 1. The van der Waals surface area contributed by atoms with Crippen molar-refractivity contribution in [1.29, 1.82) is 0 Å². The molecule has 0 aliphatic rings. The highest BCUT2D eigenvalue weighted by Gasteiger charge is 2.31. The predicted octanol–water partition coefficient (Wildman–Crippen LogP) is 2.66. The van der Waals surface area contributed by atoms with Crippen LogP contribution < -0.4 is 4.74 Å². The summed E-state index contributed by atoms with van der Waals surface area (Å²) in [5.74, 6) is -1.35. The molecule has 0 bridgehead atoms.